The van der Waals surface area contributed by atoms with E-state index in [-0.39, 0.29) is 37.5 Å². The fourth-order valence-electron chi connectivity index (χ4n) is 2.63. The van der Waals surface area contributed by atoms with Crippen LogP contribution >= 0.6 is 15.9 Å². The lowest BCUT2D eigenvalue weighted by Gasteiger charge is -2.20. The lowest BCUT2D eigenvalue weighted by Crippen LogP contribution is -2.35. The van der Waals surface area contributed by atoms with E-state index in [1.807, 2.05) is 0 Å². The largest absolute Gasteiger partial charge is 0.464 e. The van der Waals surface area contributed by atoms with Gasteiger partial charge in [0.15, 0.2) is 0 Å². The van der Waals surface area contributed by atoms with Crippen LogP contribution in [0.4, 0.5) is 4.39 Å². The molecule has 108 valence electrons. The lowest BCUT2D eigenvalue weighted by atomic mass is 9.98. The molecule has 2 heterocycles. The number of hydrogen-bond donors (Lipinski definition) is 1. The van der Waals surface area contributed by atoms with Gasteiger partial charge in [-0.05, 0) is 22.0 Å². The molecule has 7 heteroatoms. The Morgan fingerprint density at radius 3 is 3.05 bits per heavy atom. The summed E-state index contributed by atoms with van der Waals surface area (Å²) in [6.07, 6.45) is -0.485. The summed E-state index contributed by atoms with van der Waals surface area (Å²) in [6.45, 7) is 0.152. The molecular formula is C13H13BrFNO4. The molecule has 1 aromatic rings. The van der Waals surface area contributed by atoms with Crippen molar-refractivity contribution >= 4 is 21.9 Å². The SMILES string of the molecule is O=C1OC[C@@H]2C(CO)ON(Cc3cccc(Br)c3F)[C@H]12. The van der Waals surface area contributed by atoms with Gasteiger partial charge in [-0.2, -0.15) is 5.06 Å². The summed E-state index contributed by atoms with van der Waals surface area (Å²) in [6, 6.07) is 4.37. The first-order chi connectivity index (χ1) is 9.61. The Kier molecular flexibility index (Phi) is 3.76. The highest BCUT2D eigenvalue weighted by atomic mass is 79.9. The Morgan fingerprint density at radius 2 is 2.30 bits per heavy atom. The Labute approximate surface area is 123 Å². The molecule has 1 N–H and O–H groups in total. The van der Waals surface area contributed by atoms with Gasteiger partial charge in [0, 0.05) is 5.56 Å². The van der Waals surface area contributed by atoms with E-state index in [9.17, 15) is 14.3 Å². The number of benzene rings is 1. The lowest BCUT2D eigenvalue weighted by molar-refractivity contribution is -0.193. The summed E-state index contributed by atoms with van der Waals surface area (Å²) in [5.41, 5.74) is 0.413. The first-order valence-corrected chi connectivity index (χ1v) is 7.05. The minimum absolute atomic E-state index is 0.123. The highest BCUT2D eigenvalue weighted by Crippen LogP contribution is 2.35. The summed E-state index contributed by atoms with van der Waals surface area (Å²) in [5.74, 6) is -0.976. The average Bonchev–Trinajstić information content (AvgIpc) is 2.97. The van der Waals surface area contributed by atoms with E-state index in [0.717, 1.165) is 0 Å². The van der Waals surface area contributed by atoms with Crippen LogP contribution in [0.3, 0.4) is 0 Å². The van der Waals surface area contributed by atoms with Gasteiger partial charge in [0.2, 0.25) is 0 Å². The molecule has 0 spiro atoms. The molecule has 1 aromatic carbocycles. The summed E-state index contributed by atoms with van der Waals surface area (Å²) in [4.78, 5) is 17.3. The fourth-order valence-corrected chi connectivity index (χ4v) is 3.04. The van der Waals surface area contributed by atoms with Crippen molar-refractivity contribution in [1.82, 2.24) is 5.06 Å². The van der Waals surface area contributed by atoms with E-state index in [1.54, 1.807) is 18.2 Å². The summed E-state index contributed by atoms with van der Waals surface area (Å²) < 4.78 is 19.3. The molecule has 5 nitrogen and oxygen atoms in total. The van der Waals surface area contributed by atoms with Crippen molar-refractivity contribution in [2.45, 2.75) is 18.7 Å². The van der Waals surface area contributed by atoms with Crippen LogP contribution < -0.4 is 0 Å². The predicted octanol–water partition coefficient (Wildman–Crippen LogP) is 1.24. The number of nitrogens with zero attached hydrogens (tertiary/aromatic N) is 1. The summed E-state index contributed by atoms with van der Waals surface area (Å²) >= 11 is 3.12. The zero-order valence-electron chi connectivity index (χ0n) is 10.5. The fraction of sp³-hybridized carbons (Fsp3) is 0.462. The molecule has 0 aromatic heterocycles. The predicted molar refractivity (Wildman–Crippen MR) is 69.8 cm³/mol. The number of aliphatic hydroxyl groups is 1. The van der Waals surface area contributed by atoms with Gasteiger partial charge in [0.1, 0.15) is 18.0 Å². The van der Waals surface area contributed by atoms with Gasteiger partial charge in [0.05, 0.1) is 30.1 Å². The van der Waals surface area contributed by atoms with Gasteiger partial charge in [-0.25, -0.2) is 4.39 Å². The van der Waals surface area contributed by atoms with Gasteiger partial charge in [-0.1, -0.05) is 12.1 Å². The second-order valence-corrected chi connectivity index (χ2v) is 5.71. The van der Waals surface area contributed by atoms with Crippen LogP contribution in [0.5, 0.6) is 0 Å². The van der Waals surface area contributed by atoms with Gasteiger partial charge < -0.3 is 9.84 Å². The minimum atomic E-state index is -0.578. The van der Waals surface area contributed by atoms with Crippen LogP contribution in [0, 0.1) is 11.7 Å². The molecule has 20 heavy (non-hydrogen) atoms. The molecule has 0 bridgehead atoms. The van der Waals surface area contributed by atoms with Crippen molar-refractivity contribution in [1.29, 1.82) is 0 Å². The van der Waals surface area contributed by atoms with Crippen LogP contribution in [0.2, 0.25) is 0 Å². The minimum Gasteiger partial charge on any atom is -0.464 e. The van der Waals surface area contributed by atoms with Crippen LogP contribution in [0.15, 0.2) is 22.7 Å². The number of ether oxygens (including phenoxy) is 1. The topological polar surface area (TPSA) is 59.0 Å². The van der Waals surface area contributed by atoms with Crippen LogP contribution in [0.1, 0.15) is 5.56 Å². The molecule has 3 atom stereocenters. The van der Waals surface area contributed by atoms with E-state index < -0.39 is 12.1 Å². The Balaban J connectivity index is 1.83. The number of cyclic esters (lactones) is 1. The number of hydroxylamine groups is 2. The normalized spacial score (nSPS) is 29.6. The number of aliphatic hydroxyl groups excluding tert-OH is 1. The Bertz CT molecular complexity index is 541. The Morgan fingerprint density at radius 1 is 1.50 bits per heavy atom. The molecule has 0 radical (unpaired) electrons. The molecule has 2 aliphatic rings. The molecule has 2 fully saturated rings. The number of fused-ring (bicyclic) bond motifs is 1. The van der Waals surface area contributed by atoms with Crippen molar-refractivity contribution in [2.24, 2.45) is 5.92 Å². The van der Waals surface area contributed by atoms with E-state index in [1.165, 1.54) is 5.06 Å². The van der Waals surface area contributed by atoms with Crippen LogP contribution in [-0.2, 0) is 20.9 Å². The highest BCUT2D eigenvalue weighted by Gasteiger charge is 2.52. The molecule has 2 aliphatic heterocycles. The standard InChI is InChI=1S/C13H13BrFNO4/c14-9-3-1-2-7(11(9)15)4-16-12-8(6-19-13(12)18)10(5-17)20-16/h1-3,8,10,12,17H,4-6H2/t8-,10?,12+/m1/s1. The van der Waals surface area contributed by atoms with E-state index in [0.29, 0.717) is 10.0 Å². The maximum Gasteiger partial charge on any atom is 0.326 e. The van der Waals surface area contributed by atoms with Crippen molar-refractivity contribution in [3.8, 4) is 0 Å². The summed E-state index contributed by atoms with van der Waals surface area (Å²) in [7, 11) is 0. The van der Waals surface area contributed by atoms with Gasteiger partial charge in [-0.15, -0.1) is 0 Å². The third-order valence-corrected chi connectivity index (χ3v) is 4.27. The quantitative estimate of drug-likeness (QED) is 0.835. The number of carbonyl (C=O) groups is 1. The van der Waals surface area contributed by atoms with Crippen molar-refractivity contribution < 1.29 is 23.9 Å². The molecule has 2 saturated heterocycles. The van der Waals surface area contributed by atoms with Crippen LogP contribution in [-0.4, -0.2) is 41.5 Å². The number of esters is 1. The van der Waals surface area contributed by atoms with E-state index in [4.69, 9.17) is 9.57 Å². The monoisotopic (exact) mass is 345 g/mol. The second-order valence-electron chi connectivity index (χ2n) is 4.85. The first kappa shape index (κ1) is 13.9. The molecule has 0 aliphatic carbocycles. The number of carbonyl (C=O) groups excluding carboxylic acids is 1. The first-order valence-electron chi connectivity index (χ1n) is 6.25. The second kappa shape index (κ2) is 5.40. The Hall–Kier alpha value is -1.02. The van der Waals surface area contributed by atoms with E-state index >= 15 is 0 Å². The van der Waals surface area contributed by atoms with Crippen molar-refractivity contribution in [3.63, 3.8) is 0 Å². The maximum atomic E-state index is 14.0. The molecule has 0 saturated carbocycles. The maximum absolute atomic E-state index is 14.0. The number of hydrogen-bond acceptors (Lipinski definition) is 5. The van der Waals surface area contributed by atoms with Gasteiger partial charge in [0.25, 0.3) is 0 Å². The van der Waals surface area contributed by atoms with Gasteiger partial charge in [-0.3, -0.25) is 9.63 Å². The smallest absolute Gasteiger partial charge is 0.326 e. The summed E-state index contributed by atoms with van der Waals surface area (Å²) in [5, 5.41) is 10.7. The third-order valence-electron chi connectivity index (χ3n) is 3.66. The van der Waals surface area contributed by atoms with Gasteiger partial charge >= 0.3 is 5.97 Å². The number of rotatable bonds is 3. The highest BCUT2D eigenvalue weighted by molar-refractivity contribution is 9.10. The zero-order valence-corrected chi connectivity index (χ0v) is 12.0. The van der Waals surface area contributed by atoms with Crippen molar-refractivity contribution in [2.75, 3.05) is 13.2 Å². The number of halogens is 2. The molecule has 0 amide bonds. The van der Waals surface area contributed by atoms with Crippen molar-refractivity contribution in [3.05, 3.63) is 34.1 Å². The molecule has 1 unspecified atom stereocenters. The third kappa shape index (κ3) is 2.24. The average molecular weight is 346 g/mol. The zero-order chi connectivity index (χ0) is 14.3. The van der Waals surface area contributed by atoms with E-state index in [2.05, 4.69) is 15.9 Å². The molecular weight excluding hydrogens is 333 g/mol. The molecule has 3 rings (SSSR count). The van der Waals surface area contributed by atoms with Crippen LogP contribution in [0.25, 0.3) is 0 Å².